The molecular weight excluding hydrogens is 263 g/mol. The highest BCUT2D eigenvalue weighted by Crippen LogP contribution is 2.28. The minimum Gasteiger partial charge on any atom is -0.464 e. The van der Waals surface area contributed by atoms with Crippen LogP contribution < -0.4 is 5.73 Å². The van der Waals surface area contributed by atoms with Crippen molar-refractivity contribution in [3.63, 3.8) is 0 Å². The number of rotatable bonds is 5. The van der Waals surface area contributed by atoms with E-state index in [0.29, 0.717) is 13.0 Å². The molecule has 8 heteroatoms. The minimum atomic E-state index is -4.46. The van der Waals surface area contributed by atoms with E-state index in [9.17, 15) is 18.0 Å². The first-order valence-electron chi connectivity index (χ1n) is 5.80. The van der Waals surface area contributed by atoms with Crippen LogP contribution in [0.15, 0.2) is 0 Å². The van der Waals surface area contributed by atoms with Gasteiger partial charge < -0.3 is 10.5 Å². The fraction of sp³-hybridized carbons (Fsp3) is 0.636. The molecule has 2 N–H and O–H groups in total. The number of carbonyl (C=O) groups excluding carboxylic acids is 1. The molecule has 0 radical (unpaired) electrons. The van der Waals surface area contributed by atoms with Crippen molar-refractivity contribution in [3.05, 3.63) is 11.3 Å². The fourth-order valence-corrected chi connectivity index (χ4v) is 1.63. The lowest BCUT2D eigenvalue weighted by Gasteiger charge is -2.07. The summed E-state index contributed by atoms with van der Waals surface area (Å²) in [7, 11) is 1.08. The molecule has 1 rings (SSSR count). The van der Waals surface area contributed by atoms with Crippen molar-refractivity contribution in [2.24, 2.45) is 0 Å². The van der Waals surface area contributed by atoms with Gasteiger partial charge in [0.05, 0.1) is 13.5 Å². The molecule has 0 atom stereocenters. The minimum absolute atomic E-state index is 0.133. The number of esters is 1. The van der Waals surface area contributed by atoms with Crippen LogP contribution in [0.2, 0.25) is 0 Å². The van der Waals surface area contributed by atoms with Gasteiger partial charge in [-0.05, 0) is 6.42 Å². The molecule has 0 aliphatic heterocycles. The highest BCUT2D eigenvalue weighted by molar-refractivity contribution is 5.90. The monoisotopic (exact) mass is 279 g/mol. The van der Waals surface area contributed by atoms with Gasteiger partial charge in [0.25, 0.3) is 0 Å². The number of hydrogen-bond acceptors (Lipinski definition) is 4. The molecule has 0 aliphatic carbocycles. The molecule has 0 aromatic carbocycles. The average molecular weight is 279 g/mol. The molecule has 0 bridgehead atoms. The normalized spacial score (nSPS) is 11.6. The lowest BCUT2D eigenvalue weighted by molar-refractivity contribution is -0.127. The van der Waals surface area contributed by atoms with Crippen LogP contribution in [0.4, 0.5) is 19.0 Å². The molecular formula is C11H16F3N3O2. The highest BCUT2D eigenvalue weighted by Gasteiger charge is 2.34. The second-order valence-electron chi connectivity index (χ2n) is 4.07. The van der Waals surface area contributed by atoms with Gasteiger partial charge in [0.2, 0.25) is 0 Å². The molecule has 0 saturated carbocycles. The number of nitrogens with zero attached hydrogens (tertiary/aromatic N) is 2. The maximum atomic E-state index is 12.5. The summed E-state index contributed by atoms with van der Waals surface area (Å²) in [5.74, 6) is -1.05. The molecule has 19 heavy (non-hydrogen) atoms. The lowest BCUT2D eigenvalue weighted by atomic mass is 10.1. The van der Waals surface area contributed by atoms with Gasteiger partial charge >= 0.3 is 12.1 Å². The summed E-state index contributed by atoms with van der Waals surface area (Å²) in [6, 6.07) is 0. The second kappa shape index (κ2) is 5.94. The van der Waals surface area contributed by atoms with Gasteiger partial charge in [0.1, 0.15) is 5.82 Å². The molecule has 0 spiro atoms. The van der Waals surface area contributed by atoms with Gasteiger partial charge in [0, 0.05) is 12.1 Å². The Morgan fingerprint density at radius 3 is 2.58 bits per heavy atom. The Bertz CT molecular complexity index is 455. The second-order valence-corrected chi connectivity index (χ2v) is 4.07. The molecule has 5 nitrogen and oxygen atoms in total. The van der Waals surface area contributed by atoms with Crippen molar-refractivity contribution < 1.29 is 22.7 Å². The Hall–Kier alpha value is -1.73. The number of nitrogen functional groups attached to an aromatic ring is 1. The highest BCUT2D eigenvalue weighted by atomic mass is 19.4. The molecule has 0 aliphatic rings. The molecule has 0 unspecified atom stereocenters. The van der Waals surface area contributed by atoms with E-state index >= 15 is 0 Å². The van der Waals surface area contributed by atoms with Crippen molar-refractivity contribution in [3.8, 4) is 0 Å². The number of methoxy groups -OCH3 is 1. The molecule has 1 aromatic heterocycles. The van der Waals surface area contributed by atoms with Crippen LogP contribution in [0.25, 0.3) is 0 Å². The third kappa shape index (κ3) is 3.87. The Morgan fingerprint density at radius 1 is 1.47 bits per heavy atom. The topological polar surface area (TPSA) is 70.1 Å². The molecule has 1 aromatic rings. The summed E-state index contributed by atoms with van der Waals surface area (Å²) in [5, 5.41) is 3.82. The van der Waals surface area contributed by atoms with Gasteiger partial charge in [-0.25, -0.2) is 9.48 Å². The Labute approximate surface area is 108 Å². The first-order valence-corrected chi connectivity index (χ1v) is 5.80. The van der Waals surface area contributed by atoms with Crippen molar-refractivity contribution >= 4 is 11.8 Å². The van der Waals surface area contributed by atoms with E-state index in [-0.39, 0.29) is 17.1 Å². The quantitative estimate of drug-likeness (QED) is 0.838. The smallest absolute Gasteiger partial charge is 0.393 e. The molecule has 0 fully saturated rings. The Morgan fingerprint density at radius 2 is 2.11 bits per heavy atom. The third-order valence-corrected chi connectivity index (χ3v) is 2.57. The predicted molar refractivity (Wildman–Crippen MR) is 62.6 cm³/mol. The number of unbranched alkanes of at least 4 members (excludes halogenated alkanes) is 1. The van der Waals surface area contributed by atoms with Crippen LogP contribution in [-0.2, 0) is 17.7 Å². The van der Waals surface area contributed by atoms with E-state index < -0.39 is 18.6 Å². The largest absolute Gasteiger partial charge is 0.464 e. The van der Waals surface area contributed by atoms with Gasteiger partial charge in [-0.15, -0.1) is 0 Å². The van der Waals surface area contributed by atoms with Crippen LogP contribution in [0.5, 0.6) is 0 Å². The summed E-state index contributed by atoms with van der Waals surface area (Å²) >= 11 is 0. The molecule has 0 saturated heterocycles. The van der Waals surface area contributed by atoms with Crippen molar-refractivity contribution in [2.75, 3.05) is 12.8 Å². The van der Waals surface area contributed by atoms with E-state index in [4.69, 9.17) is 5.73 Å². The number of aryl methyl sites for hydroxylation is 1. The number of aromatic nitrogens is 2. The standard InChI is InChI=1S/C11H16F3N3O2/c1-3-4-5-17-9(15)7(6-11(12,13)14)8(16-17)10(18)19-2/h3-6,15H2,1-2H3. The zero-order valence-electron chi connectivity index (χ0n) is 10.8. The van der Waals surface area contributed by atoms with Crippen LogP contribution in [0.1, 0.15) is 35.8 Å². The number of carbonyl (C=O) groups is 1. The summed E-state index contributed by atoms with van der Waals surface area (Å²) < 4.78 is 43.1. The SMILES string of the molecule is CCCCn1nc(C(=O)OC)c(CC(F)(F)F)c1N. The molecule has 1 heterocycles. The number of alkyl halides is 3. The van der Waals surface area contributed by atoms with Gasteiger partial charge in [0.15, 0.2) is 5.69 Å². The van der Waals surface area contributed by atoms with Crippen LogP contribution in [0, 0.1) is 0 Å². The average Bonchev–Trinajstić information content (AvgIpc) is 2.62. The number of anilines is 1. The summed E-state index contributed by atoms with van der Waals surface area (Å²) in [4.78, 5) is 11.4. The Balaban J connectivity index is 3.16. The van der Waals surface area contributed by atoms with E-state index in [1.807, 2.05) is 6.92 Å². The van der Waals surface area contributed by atoms with Gasteiger partial charge in [-0.2, -0.15) is 18.3 Å². The number of hydrogen-bond donors (Lipinski definition) is 1. The zero-order valence-corrected chi connectivity index (χ0v) is 10.8. The van der Waals surface area contributed by atoms with Crippen LogP contribution in [0.3, 0.4) is 0 Å². The van der Waals surface area contributed by atoms with E-state index in [2.05, 4.69) is 9.84 Å². The van der Waals surface area contributed by atoms with Crippen LogP contribution >= 0.6 is 0 Å². The van der Waals surface area contributed by atoms with Crippen molar-refractivity contribution in [1.29, 1.82) is 0 Å². The van der Waals surface area contributed by atoms with E-state index in [1.165, 1.54) is 4.68 Å². The predicted octanol–water partition coefficient (Wildman–Crippen LogP) is 2.16. The van der Waals surface area contributed by atoms with Crippen molar-refractivity contribution in [2.45, 2.75) is 38.9 Å². The first-order chi connectivity index (χ1) is 8.80. The zero-order chi connectivity index (χ0) is 14.6. The lowest BCUT2D eigenvalue weighted by Crippen LogP contribution is -2.16. The maximum Gasteiger partial charge on any atom is 0.393 e. The number of nitrogens with two attached hydrogens (primary N) is 1. The number of halogens is 3. The third-order valence-electron chi connectivity index (χ3n) is 2.57. The van der Waals surface area contributed by atoms with Gasteiger partial charge in [-0.3, -0.25) is 0 Å². The molecule has 108 valence electrons. The summed E-state index contributed by atoms with van der Waals surface area (Å²) in [6.45, 7) is 2.29. The van der Waals surface area contributed by atoms with E-state index in [1.54, 1.807) is 0 Å². The van der Waals surface area contributed by atoms with Crippen LogP contribution in [-0.4, -0.2) is 29.0 Å². The molecule has 0 amide bonds. The van der Waals surface area contributed by atoms with E-state index in [0.717, 1.165) is 13.5 Å². The first kappa shape index (κ1) is 15.3. The van der Waals surface area contributed by atoms with Gasteiger partial charge in [-0.1, -0.05) is 13.3 Å². The summed E-state index contributed by atoms with van der Waals surface area (Å²) in [5.41, 5.74) is 4.95. The Kier molecular flexibility index (Phi) is 4.79. The van der Waals surface area contributed by atoms with Crippen molar-refractivity contribution in [1.82, 2.24) is 9.78 Å². The maximum absolute atomic E-state index is 12.5. The summed E-state index contributed by atoms with van der Waals surface area (Å²) in [6.07, 6.45) is -4.22. The fourth-order valence-electron chi connectivity index (χ4n) is 1.63. The number of ether oxygens (including phenoxy) is 1.